The minimum absolute atomic E-state index is 0.0519. The zero-order valence-electron chi connectivity index (χ0n) is 15.6. The van der Waals surface area contributed by atoms with Crippen LogP contribution in [0.5, 0.6) is 5.75 Å². The molecule has 27 heavy (non-hydrogen) atoms. The first-order chi connectivity index (χ1) is 13.0. The molecule has 142 valence electrons. The third-order valence-electron chi connectivity index (χ3n) is 4.75. The molecule has 1 saturated heterocycles. The maximum absolute atomic E-state index is 13.5. The van der Waals surface area contributed by atoms with Crippen LogP contribution < -0.4 is 4.74 Å². The van der Waals surface area contributed by atoms with E-state index in [-0.39, 0.29) is 17.4 Å². The van der Waals surface area contributed by atoms with Gasteiger partial charge in [-0.15, -0.1) is 0 Å². The lowest BCUT2D eigenvalue weighted by molar-refractivity contribution is -0.131. The van der Waals surface area contributed by atoms with Gasteiger partial charge in [0, 0.05) is 26.2 Å². The zero-order valence-corrected chi connectivity index (χ0v) is 15.6. The van der Waals surface area contributed by atoms with Crippen LogP contribution in [-0.2, 0) is 11.2 Å². The van der Waals surface area contributed by atoms with Gasteiger partial charge in [-0.25, -0.2) is 4.39 Å². The van der Waals surface area contributed by atoms with E-state index < -0.39 is 5.82 Å². The molecule has 0 aromatic heterocycles. The standard InChI is InChI=1S/C21H23FN2O3/c1-15-4-3-5-16(12-15)13-20(25)23-8-10-24(11-9-23)21(26)18-14-17(22)6-7-19(18)27-2/h3-7,12,14H,8-11,13H2,1-2H3. The van der Waals surface area contributed by atoms with E-state index in [1.165, 1.54) is 25.3 Å². The van der Waals surface area contributed by atoms with Gasteiger partial charge in [0.2, 0.25) is 5.91 Å². The molecule has 2 amide bonds. The number of carbonyl (C=O) groups is 2. The minimum Gasteiger partial charge on any atom is -0.496 e. The van der Waals surface area contributed by atoms with Gasteiger partial charge in [-0.1, -0.05) is 29.8 Å². The van der Waals surface area contributed by atoms with E-state index in [0.717, 1.165) is 11.1 Å². The van der Waals surface area contributed by atoms with Crippen LogP contribution in [0.4, 0.5) is 4.39 Å². The van der Waals surface area contributed by atoms with Crippen molar-refractivity contribution in [2.45, 2.75) is 13.3 Å². The first-order valence-corrected chi connectivity index (χ1v) is 8.94. The molecule has 1 aliphatic rings. The number of hydrogen-bond donors (Lipinski definition) is 0. The second kappa shape index (κ2) is 8.20. The molecule has 5 nitrogen and oxygen atoms in total. The maximum atomic E-state index is 13.5. The number of nitrogens with zero attached hydrogens (tertiary/aromatic N) is 2. The van der Waals surface area contributed by atoms with Crippen molar-refractivity contribution in [3.63, 3.8) is 0 Å². The molecule has 0 bridgehead atoms. The third-order valence-corrected chi connectivity index (χ3v) is 4.75. The molecule has 6 heteroatoms. The van der Waals surface area contributed by atoms with Crippen LogP contribution in [0.25, 0.3) is 0 Å². The summed E-state index contributed by atoms with van der Waals surface area (Å²) in [5.74, 6) is -0.362. The maximum Gasteiger partial charge on any atom is 0.257 e. The largest absolute Gasteiger partial charge is 0.496 e. The molecule has 0 unspecified atom stereocenters. The van der Waals surface area contributed by atoms with Crippen molar-refractivity contribution in [3.05, 3.63) is 65.0 Å². The summed E-state index contributed by atoms with van der Waals surface area (Å²) >= 11 is 0. The molecule has 1 fully saturated rings. The minimum atomic E-state index is -0.480. The van der Waals surface area contributed by atoms with E-state index in [1.807, 2.05) is 31.2 Å². The van der Waals surface area contributed by atoms with Crippen molar-refractivity contribution in [3.8, 4) is 5.75 Å². The number of ether oxygens (including phenoxy) is 1. The monoisotopic (exact) mass is 370 g/mol. The van der Waals surface area contributed by atoms with Gasteiger partial charge in [-0.05, 0) is 30.7 Å². The van der Waals surface area contributed by atoms with Gasteiger partial charge in [-0.3, -0.25) is 9.59 Å². The Kier molecular flexibility index (Phi) is 5.74. The molecular weight excluding hydrogens is 347 g/mol. The van der Waals surface area contributed by atoms with Crippen LogP contribution in [0.2, 0.25) is 0 Å². The molecule has 2 aromatic carbocycles. The third kappa shape index (κ3) is 4.45. The fourth-order valence-electron chi connectivity index (χ4n) is 3.29. The van der Waals surface area contributed by atoms with Gasteiger partial charge in [0.15, 0.2) is 0 Å². The van der Waals surface area contributed by atoms with Gasteiger partial charge >= 0.3 is 0 Å². The molecule has 0 radical (unpaired) electrons. The average Bonchev–Trinajstić information content (AvgIpc) is 2.67. The predicted molar refractivity (Wildman–Crippen MR) is 100 cm³/mol. The molecule has 0 atom stereocenters. The lowest BCUT2D eigenvalue weighted by Gasteiger charge is -2.35. The lowest BCUT2D eigenvalue weighted by Crippen LogP contribution is -2.51. The highest BCUT2D eigenvalue weighted by Gasteiger charge is 2.26. The predicted octanol–water partition coefficient (Wildman–Crippen LogP) is 2.67. The van der Waals surface area contributed by atoms with Crippen LogP contribution in [0, 0.1) is 12.7 Å². The highest BCUT2D eigenvalue weighted by molar-refractivity contribution is 5.97. The van der Waals surface area contributed by atoms with Gasteiger partial charge < -0.3 is 14.5 Å². The second-order valence-corrected chi connectivity index (χ2v) is 6.68. The number of methoxy groups -OCH3 is 1. The van der Waals surface area contributed by atoms with Gasteiger partial charge in [-0.2, -0.15) is 0 Å². The number of piperazine rings is 1. The van der Waals surface area contributed by atoms with Crippen LogP contribution in [0.15, 0.2) is 42.5 Å². The van der Waals surface area contributed by atoms with Crippen molar-refractivity contribution < 1.29 is 18.7 Å². The van der Waals surface area contributed by atoms with Crippen LogP contribution in [-0.4, -0.2) is 54.9 Å². The van der Waals surface area contributed by atoms with Crippen LogP contribution >= 0.6 is 0 Å². The van der Waals surface area contributed by atoms with Crippen LogP contribution in [0.3, 0.4) is 0 Å². The second-order valence-electron chi connectivity index (χ2n) is 6.68. The SMILES string of the molecule is COc1ccc(F)cc1C(=O)N1CCN(C(=O)Cc2cccc(C)c2)CC1. The average molecular weight is 370 g/mol. The van der Waals surface area contributed by atoms with E-state index in [4.69, 9.17) is 4.74 Å². The highest BCUT2D eigenvalue weighted by atomic mass is 19.1. The van der Waals surface area contributed by atoms with Crippen molar-refractivity contribution >= 4 is 11.8 Å². The summed E-state index contributed by atoms with van der Waals surface area (Å²) in [6.45, 7) is 3.76. The smallest absolute Gasteiger partial charge is 0.257 e. The van der Waals surface area contributed by atoms with Crippen molar-refractivity contribution in [2.75, 3.05) is 33.3 Å². The Labute approximate surface area is 158 Å². The van der Waals surface area contributed by atoms with Crippen molar-refractivity contribution in [1.82, 2.24) is 9.80 Å². The first-order valence-electron chi connectivity index (χ1n) is 8.94. The highest BCUT2D eigenvalue weighted by Crippen LogP contribution is 2.22. The summed E-state index contributed by atoms with van der Waals surface area (Å²) in [4.78, 5) is 28.6. The van der Waals surface area contributed by atoms with Gasteiger partial charge in [0.1, 0.15) is 11.6 Å². The molecule has 3 rings (SSSR count). The molecule has 1 aliphatic heterocycles. The summed E-state index contributed by atoms with van der Waals surface area (Å²) in [5.41, 5.74) is 2.32. The summed E-state index contributed by atoms with van der Waals surface area (Å²) in [5, 5.41) is 0. The summed E-state index contributed by atoms with van der Waals surface area (Å²) in [6.07, 6.45) is 0.355. The molecule has 2 aromatic rings. The first kappa shape index (κ1) is 18.9. The molecule has 0 spiro atoms. The van der Waals surface area contributed by atoms with Crippen LogP contribution in [0.1, 0.15) is 21.5 Å². The number of amides is 2. The van der Waals surface area contributed by atoms with E-state index in [0.29, 0.717) is 38.3 Å². The molecule has 0 aliphatic carbocycles. The van der Waals surface area contributed by atoms with E-state index in [2.05, 4.69) is 0 Å². The number of hydrogen-bond acceptors (Lipinski definition) is 3. The Balaban J connectivity index is 1.61. The Hall–Kier alpha value is -2.89. The fourth-order valence-corrected chi connectivity index (χ4v) is 3.29. The van der Waals surface area contributed by atoms with Crippen molar-refractivity contribution in [2.24, 2.45) is 0 Å². The zero-order chi connectivity index (χ0) is 19.4. The lowest BCUT2D eigenvalue weighted by atomic mass is 10.1. The van der Waals surface area contributed by atoms with Gasteiger partial charge in [0.05, 0.1) is 19.1 Å². The molecule has 1 heterocycles. The quantitative estimate of drug-likeness (QED) is 0.831. The van der Waals surface area contributed by atoms with E-state index >= 15 is 0 Å². The summed E-state index contributed by atoms with van der Waals surface area (Å²) in [6, 6.07) is 11.8. The topological polar surface area (TPSA) is 49.9 Å². The van der Waals surface area contributed by atoms with Gasteiger partial charge in [0.25, 0.3) is 5.91 Å². The summed E-state index contributed by atoms with van der Waals surface area (Å²) in [7, 11) is 1.45. The molecule has 0 saturated carbocycles. The Morgan fingerprint density at radius 2 is 1.74 bits per heavy atom. The number of halogens is 1. The number of aryl methyl sites for hydroxylation is 1. The number of carbonyl (C=O) groups excluding carboxylic acids is 2. The Morgan fingerprint density at radius 1 is 1.04 bits per heavy atom. The van der Waals surface area contributed by atoms with E-state index in [1.54, 1.807) is 9.80 Å². The van der Waals surface area contributed by atoms with Crippen molar-refractivity contribution in [1.29, 1.82) is 0 Å². The molecular formula is C21H23FN2O3. The number of rotatable bonds is 4. The summed E-state index contributed by atoms with van der Waals surface area (Å²) < 4.78 is 18.7. The fraction of sp³-hybridized carbons (Fsp3) is 0.333. The molecule has 0 N–H and O–H groups in total. The van der Waals surface area contributed by atoms with E-state index in [9.17, 15) is 14.0 Å². The normalized spacial score (nSPS) is 14.2. The Bertz CT molecular complexity index is 845. The Morgan fingerprint density at radius 3 is 2.41 bits per heavy atom. The number of benzene rings is 2.